The summed E-state index contributed by atoms with van der Waals surface area (Å²) < 4.78 is 2.82. The van der Waals surface area contributed by atoms with E-state index in [1.807, 2.05) is 22.8 Å². The Balaban J connectivity index is 1.84. The topological polar surface area (TPSA) is 39.1 Å². The van der Waals surface area contributed by atoms with Gasteiger partial charge in [-0.05, 0) is 37.5 Å². The predicted octanol–water partition coefficient (Wildman–Crippen LogP) is 5.02. The number of unbranched alkanes of at least 4 members (excludes halogenated alkanes) is 2. The van der Waals surface area contributed by atoms with E-state index < -0.39 is 0 Å². The van der Waals surface area contributed by atoms with E-state index in [4.69, 9.17) is 0 Å². The molecule has 0 amide bonds. The monoisotopic (exact) mass is 331 g/mol. The molecule has 0 N–H and O–H groups in total. The van der Waals surface area contributed by atoms with Gasteiger partial charge in [-0.3, -0.25) is 14.2 Å². The van der Waals surface area contributed by atoms with Crippen molar-refractivity contribution >= 4 is 27.3 Å². The van der Waals surface area contributed by atoms with Gasteiger partial charge in [0, 0.05) is 18.0 Å². The quantitative estimate of drug-likeness (QED) is 0.551. The summed E-state index contributed by atoms with van der Waals surface area (Å²) in [6.07, 6.45) is 8.95. The van der Waals surface area contributed by atoms with Gasteiger partial charge in [0.15, 0.2) is 5.78 Å². The number of aryl methyl sites for hydroxylation is 1. The number of rotatable bonds is 6. The van der Waals surface area contributed by atoms with Crippen LogP contribution in [0.4, 0.5) is 0 Å². The Morgan fingerprint density at radius 3 is 2.74 bits per heavy atom. The zero-order valence-electron chi connectivity index (χ0n) is 13.8. The second-order valence-corrected chi connectivity index (χ2v) is 7.60. The lowest BCUT2D eigenvalue weighted by Gasteiger charge is -2.20. The standard InChI is InChI=1S/C19H25NO2S/c1-2-3-7-12-20-16-11-10-15(13-17(16)23-19(20)22)18(21)14-8-5-4-6-9-14/h10-11,13-14H,2-9,12H2,1H3. The van der Waals surface area contributed by atoms with Crippen LogP contribution in [-0.4, -0.2) is 10.4 Å². The molecular weight excluding hydrogens is 306 g/mol. The van der Waals surface area contributed by atoms with Gasteiger partial charge < -0.3 is 0 Å². The van der Waals surface area contributed by atoms with Crippen LogP contribution in [0.1, 0.15) is 68.6 Å². The number of ketones is 1. The highest BCUT2D eigenvalue weighted by molar-refractivity contribution is 7.16. The zero-order valence-corrected chi connectivity index (χ0v) is 14.7. The molecule has 124 valence electrons. The van der Waals surface area contributed by atoms with Crippen LogP contribution >= 0.6 is 11.3 Å². The highest BCUT2D eigenvalue weighted by Crippen LogP contribution is 2.28. The van der Waals surface area contributed by atoms with E-state index >= 15 is 0 Å². The van der Waals surface area contributed by atoms with E-state index in [0.717, 1.165) is 54.4 Å². The van der Waals surface area contributed by atoms with E-state index in [2.05, 4.69) is 6.92 Å². The van der Waals surface area contributed by atoms with E-state index in [1.165, 1.54) is 30.6 Å². The van der Waals surface area contributed by atoms with Crippen molar-refractivity contribution in [3.05, 3.63) is 33.4 Å². The summed E-state index contributed by atoms with van der Waals surface area (Å²) in [5.41, 5.74) is 1.77. The fourth-order valence-electron chi connectivity index (χ4n) is 3.55. The molecule has 3 nitrogen and oxygen atoms in total. The third kappa shape index (κ3) is 3.57. The van der Waals surface area contributed by atoms with Gasteiger partial charge >= 0.3 is 4.87 Å². The Hall–Kier alpha value is -1.42. The Bertz CT molecular complexity index is 737. The predicted molar refractivity (Wildman–Crippen MR) is 96.5 cm³/mol. The van der Waals surface area contributed by atoms with Crippen molar-refractivity contribution in [3.8, 4) is 0 Å². The van der Waals surface area contributed by atoms with Crippen LogP contribution in [0.5, 0.6) is 0 Å². The molecule has 0 saturated heterocycles. The van der Waals surface area contributed by atoms with Crippen LogP contribution in [0.25, 0.3) is 10.2 Å². The molecule has 1 saturated carbocycles. The van der Waals surface area contributed by atoms with Gasteiger partial charge in [0.1, 0.15) is 0 Å². The summed E-state index contributed by atoms with van der Waals surface area (Å²) in [6, 6.07) is 5.83. The molecule has 0 atom stereocenters. The minimum Gasteiger partial charge on any atom is -0.299 e. The van der Waals surface area contributed by atoms with Crippen molar-refractivity contribution in [1.29, 1.82) is 0 Å². The Labute approximate surface area is 141 Å². The average molecular weight is 331 g/mol. The molecular formula is C19H25NO2S. The maximum Gasteiger partial charge on any atom is 0.308 e. The Morgan fingerprint density at radius 2 is 2.00 bits per heavy atom. The minimum atomic E-state index is 0.0957. The first-order chi connectivity index (χ1) is 11.2. The Morgan fingerprint density at radius 1 is 1.22 bits per heavy atom. The molecule has 1 aliphatic carbocycles. The van der Waals surface area contributed by atoms with Gasteiger partial charge in [0.2, 0.25) is 0 Å². The fourth-order valence-corrected chi connectivity index (χ4v) is 4.51. The molecule has 1 fully saturated rings. The molecule has 0 unspecified atom stereocenters. The molecule has 1 aromatic carbocycles. The van der Waals surface area contributed by atoms with Crippen molar-refractivity contribution in [2.75, 3.05) is 0 Å². The van der Waals surface area contributed by atoms with E-state index in [0.29, 0.717) is 0 Å². The van der Waals surface area contributed by atoms with Crippen LogP contribution in [0.15, 0.2) is 23.0 Å². The van der Waals surface area contributed by atoms with Crippen LogP contribution in [-0.2, 0) is 6.54 Å². The number of fused-ring (bicyclic) bond motifs is 1. The van der Waals surface area contributed by atoms with Crippen LogP contribution in [0.2, 0.25) is 0 Å². The van der Waals surface area contributed by atoms with Gasteiger partial charge in [-0.15, -0.1) is 0 Å². The van der Waals surface area contributed by atoms with E-state index in [9.17, 15) is 9.59 Å². The molecule has 0 aliphatic heterocycles. The molecule has 3 rings (SSSR count). The molecule has 2 aromatic rings. The minimum absolute atomic E-state index is 0.0957. The van der Waals surface area contributed by atoms with Crippen LogP contribution < -0.4 is 4.87 Å². The van der Waals surface area contributed by atoms with Crippen molar-refractivity contribution < 1.29 is 4.79 Å². The zero-order chi connectivity index (χ0) is 16.2. The average Bonchev–Trinajstić information content (AvgIpc) is 2.90. The first-order valence-corrected chi connectivity index (χ1v) is 9.70. The molecule has 1 heterocycles. The van der Waals surface area contributed by atoms with E-state index in [-0.39, 0.29) is 16.6 Å². The Kier molecular flexibility index (Phi) is 5.31. The number of benzene rings is 1. The normalized spacial score (nSPS) is 16.0. The molecule has 0 bridgehead atoms. The maximum absolute atomic E-state index is 12.7. The van der Waals surface area contributed by atoms with Gasteiger partial charge in [-0.2, -0.15) is 0 Å². The number of thiazole rings is 1. The molecule has 1 aromatic heterocycles. The number of carbonyl (C=O) groups is 1. The summed E-state index contributed by atoms with van der Waals surface area (Å²) in [7, 11) is 0. The number of Topliss-reactive ketones (excluding diaryl/α,β-unsaturated/α-hetero) is 1. The molecule has 23 heavy (non-hydrogen) atoms. The van der Waals surface area contributed by atoms with Crippen molar-refractivity contribution in [3.63, 3.8) is 0 Å². The first kappa shape index (κ1) is 16.4. The largest absolute Gasteiger partial charge is 0.308 e. The first-order valence-electron chi connectivity index (χ1n) is 8.88. The smallest absolute Gasteiger partial charge is 0.299 e. The number of hydrogen-bond acceptors (Lipinski definition) is 3. The third-order valence-electron chi connectivity index (χ3n) is 4.91. The van der Waals surface area contributed by atoms with Gasteiger partial charge in [-0.1, -0.05) is 50.4 Å². The lowest BCUT2D eigenvalue weighted by Crippen LogP contribution is -2.17. The van der Waals surface area contributed by atoms with Crippen molar-refractivity contribution in [2.24, 2.45) is 5.92 Å². The summed E-state index contributed by atoms with van der Waals surface area (Å²) in [5.74, 6) is 0.453. The molecule has 0 spiro atoms. The van der Waals surface area contributed by atoms with Crippen LogP contribution in [0, 0.1) is 5.92 Å². The van der Waals surface area contributed by atoms with Gasteiger partial charge in [0.05, 0.1) is 10.2 Å². The number of carbonyl (C=O) groups excluding carboxylic acids is 1. The highest BCUT2D eigenvalue weighted by Gasteiger charge is 2.23. The second kappa shape index (κ2) is 7.43. The molecule has 4 heteroatoms. The highest BCUT2D eigenvalue weighted by atomic mass is 32.1. The van der Waals surface area contributed by atoms with Crippen molar-refractivity contribution in [2.45, 2.75) is 64.8 Å². The van der Waals surface area contributed by atoms with Gasteiger partial charge in [0.25, 0.3) is 0 Å². The second-order valence-electron chi connectivity index (χ2n) is 6.61. The number of aromatic nitrogens is 1. The maximum atomic E-state index is 12.7. The lowest BCUT2D eigenvalue weighted by molar-refractivity contribution is 0.0889. The summed E-state index contributed by atoms with van der Waals surface area (Å²) in [6.45, 7) is 2.94. The van der Waals surface area contributed by atoms with E-state index in [1.54, 1.807) is 0 Å². The number of hydrogen-bond donors (Lipinski definition) is 0. The third-order valence-corrected chi connectivity index (χ3v) is 5.86. The SMILES string of the molecule is CCCCCn1c(=O)sc2cc(C(=O)C3CCCCC3)ccc21. The summed E-state index contributed by atoms with van der Waals surface area (Å²) in [4.78, 5) is 25.0. The van der Waals surface area contributed by atoms with Crippen LogP contribution in [0.3, 0.4) is 0 Å². The fraction of sp³-hybridized carbons (Fsp3) is 0.579. The molecule has 1 aliphatic rings. The van der Waals surface area contributed by atoms with Crippen molar-refractivity contribution in [1.82, 2.24) is 4.57 Å². The summed E-state index contributed by atoms with van der Waals surface area (Å²) >= 11 is 1.27. The van der Waals surface area contributed by atoms with Gasteiger partial charge in [-0.25, -0.2) is 0 Å². The molecule has 0 radical (unpaired) electrons. The number of nitrogens with zero attached hydrogens (tertiary/aromatic N) is 1. The summed E-state index contributed by atoms with van der Waals surface area (Å²) in [5, 5.41) is 0. The lowest BCUT2D eigenvalue weighted by atomic mass is 9.84.